The van der Waals surface area contributed by atoms with Gasteiger partial charge < -0.3 is 14.8 Å². The van der Waals surface area contributed by atoms with Gasteiger partial charge in [-0.1, -0.05) is 84.0 Å². The lowest BCUT2D eigenvalue weighted by Crippen LogP contribution is -2.38. The van der Waals surface area contributed by atoms with Crippen LogP contribution in [0.15, 0.2) is 84.0 Å². The minimum absolute atomic E-state index is 0.00661. The van der Waals surface area contributed by atoms with E-state index in [4.69, 9.17) is 15.0 Å². The van der Waals surface area contributed by atoms with Gasteiger partial charge in [-0.25, -0.2) is 4.79 Å². The quantitative estimate of drug-likeness (QED) is 0.176. The minimum atomic E-state index is -0.623. The Morgan fingerprint density at radius 3 is 2.20 bits per heavy atom. The number of esters is 1. The third kappa shape index (κ3) is 6.19. The van der Waals surface area contributed by atoms with E-state index in [0.29, 0.717) is 0 Å². The van der Waals surface area contributed by atoms with Crippen molar-refractivity contribution in [2.45, 2.75) is 31.4 Å². The van der Waals surface area contributed by atoms with E-state index in [1.165, 1.54) is 0 Å². The highest BCUT2D eigenvalue weighted by Crippen LogP contribution is 2.44. The molecule has 0 saturated carbocycles. The molecule has 0 saturated heterocycles. The first kappa shape index (κ1) is 23.9. The molecular formula is C27H26N4O4. The summed E-state index contributed by atoms with van der Waals surface area (Å²) in [7, 11) is 0. The first-order valence-electron chi connectivity index (χ1n) is 11.5. The lowest BCUT2D eigenvalue weighted by atomic mass is 9.98. The molecule has 0 unspecified atom stereocenters. The molecule has 0 heterocycles. The predicted molar refractivity (Wildman–Crippen MR) is 131 cm³/mol. The maximum absolute atomic E-state index is 12.6. The second-order valence-electron chi connectivity index (χ2n) is 8.27. The van der Waals surface area contributed by atoms with Crippen LogP contribution in [0.1, 0.15) is 35.4 Å². The monoisotopic (exact) mass is 470 g/mol. The first-order chi connectivity index (χ1) is 17.2. The lowest BCUT2D eigenvalue weighted by molar-refractivity contribution is -0.145. The number of benzene rings is 3. The summed E-state index contributed by atoms with van der Waals surface area (Å²) in [5, 5.41) is 6.27. The summed E-state index contributed by atoms with van der Waals surface area (Å²) in [4.78, 5) is 27.5. The van der Waals surface area contributed by atoms with Gasteiger partial charge in [0.1, 0.15) is 13.2 Å². The molecule has 4 rings (SSSR count). The van der Waals surface area contributed by atoms with Gasteiger partial charge in [-0.2, -0.15) is 0 Å². The SMILES string of the molecule is [N-]=[N+]=NC[C@H](CCC(=O)OCc1ccccc1)NC(=O)OCC1c2ccccc2-c2ccccc21. The Morgan fingerprint density at radius 1 is 0.914 bits per heavy atom. The van der Waals surface area contributed by atoms with Crippen molar-refractivity contribution < 1.29 is 19.1 Å². The third-order valence-corrected chi connectivity index (χ3v) is 5.97. The van der Waals surface area contributed by atoms with Gasteiger partial charge in [0.2, 0.25) is 0 Å². The molecule has 8 heteroatoms. The average Bonchev–Trinajstić information content (AvgIpc) is 3.22. The van der Waals surface area contributed by atoms with Gasteiger partial charge in [-0.05, 0) is 39.8 Å². The van der Waals surface area contributed by atoms with Crippen molar-refractivity contribution in [2.24, 2.45) is 5.11 Å². The smallest absolute Gasteiger partial charge is 0.407 e. The molecule has 0 aliphatic heterocycles. The minimum Gasteiger partial charge on any atom is -0.461 e. The largest absolute Gasteiger partial charge is 0.461 e. The molecule has 3 aromatic rings. The molecule has 0 spiro atoms. The lowest BCUT2D eigenvalue weighted by Gasteiger charge is -2.18. The molecule has 178 valence electrons. The van der Waals surface area contributed by atoms with Crippen molar-refractivity contribution in [3.8, 4) is 11.1 Å². The number of rotatable bonds is 10. The number of carbonyl (C=O) groups is 2. The molecule has 35 heavy (non-hydrogen) atoms. The Balaban J connectivity index is 1.30. The second-order valence-corrected chi connectivity index (χ2v) is 8.27. The van der Waals surface area contributed by atoms with Crippen LogP contribution in [-0.4, -0.2) is 31.3 Å². The van der Waals surface area contributed by atoms with Gasteiger partial charge in [-0.15, -0.1) is 0 Å². The average molecular weight is 471 g/mol. The molecule has 0 bridgehead atoms. The number of fused-ring (bicyclic) bond motifs is 3. The standard InChI is InChI=1S/C27H26N4O4/c28-31-29-16-20(14-15-26(32)34-17-19-8-2-1-3-9-19)30-27(33)35-18-25-23-12-6-4-10-21(23)22-11-5-7-13-24(22)25/h1-13,20,25H,14-18H2,(H,30,33)/t20-/m0/s1. The summed E-state index contributed by atoms with van der Waals surface area (Å²) in [6.45, 7) is 0.361. The second kappa shape index (κ2) is 11.7. The zero-order valence-electron chi connectivity index (χ0n) is 19.2. The third-order valence-electron chi connectivity index (χ3n) is 5.97. The fourth-order valence-corrected chi connectivity index (χ4v) is 4.25. The summed E-state index contributed by atoms with van der Waals surface area (Å²) in [5.74, 6) is -0.453. The summed E-state index contributed by atoms with van der Waals surface area (Å²) in [5.41, 5.74) is 14.1. The van der Waals surface area contributed by atoms with Gasteiger partial charge in [-0.3, -0.25) is 4.79 Å². The number of nitrogens with one attached hydrogen (secondary N) is 1. The van der Waals surface area contributed by atoms with Crippen LogP contribution in [0.25, 0.3) is 21.6 Å². The van der Waals surface area contributed by atoms with Crippen LogP contribution in [0.4, 0.5) is 4.79 Å². The van der Waals surface area contributed by atoms with Crippen molar-refractivity contribution in [2.75, 3.05) is 13.2 Å². The normalized spacial score (nSPS) is 12.6. The number of alkyl carbamates (subject to hydrolysis) is 1. The van der Waals surface area contributed by atoms with E-state index in [1.807, 2.05) is 66.7 Å². The van der Waals surface area contributed by atoms with E-state index in [2.05, 4.69) is 27.5 Å². The summed E-state index contributed by atoms with van der Waals surface area (Å²) >= 11 is 0. The van der Waals surface area contributed by atoms with E-state index in [1.54, 1.807) is 0 Å². The van der Waals surface area contributed by atoms with Crippen LogP contribution in [0, 0.1) is 0 Å². The predicted octanol–water partition coefficient (Wildman–Crippen LogP) is 5.73. The Morgan fingerprint density at radius 2 is 1.54 bits per heavy atom. The molecular weight excluding hydrogens is 444 g/mol. The maximum atomic E-state index is 12.6. The van der Waals surface area contributed by atoms with Gasteiger partial charge in [0.05, 0.1) is 0 Å². The molecule has 1 amide bonds. The summed E-state index contributed by atoms with van der Waals surface area (Å²) < 4.78 is 10.8. The van der Waals surface area contributed by atoms with E-state index < -0.39 is 18.1 Å². The van der Waals surface area contributed by atoms with E-state index in [-0.39, 0.29) is 38.5 Å². The van der Waals surface area contributed by atoms with Crippen molar-refractivity contribution in [1.29, 1.82) is 0 Å². The molecule has 1 atom stereocenters. The Bertz CT molecular complexity index is 1180. The van der Waals surface area contributed by atoms with E-state index in [0.717, 1.165) is 27.8 Å². The fourth-order valence-electron chi connectivity index (χ4n) is 4.25. The summed E-state index contributed by atoms with van der Waals surface area (Å²) in [6, 6.07) is 25.0. The van der Waals surface area contributed by atoms with Crippen molar-refractivity contribution in [3.05, 3.63) is 106 Å². The number of nitrogens with zero attached hydrogens (tertiary/aromatic N) is 3. The number of ether oxygens (including phenoxy) is 2. The zero-order valence-corrected chi connectivity index (χ0v) is 19.2. The molecule has 8 nitrogen and oxygen atoms in total. The molecule has 3 aromatic carbocycles. The van der Waals surface area contributed by atoms with Crippen LogP contribution in [0.3, 0.4) is 0 Å². The molecule has 0 radical (unpaired) electrons. The molecule has 0 aromatic heterocycles. The van der Waals surface area contributed by atoms with Gasteiger partial charge in [0.15, 0.2) is 0 Å². The molecule has 1 aliphatic rings. The molecule has 1 N–H and O–H groups in total. The van der Waals surface area contributed by atoms with E-state index >= 15 is 0 Å². The van der Waals surface area contributed by atoms with Crippen LogP contribution in [-0.2, 0) is 20.9 Å². The number of azide groups is 1. The number of hydrogen-bond acceptors (Lipinski definition) is 5. The van der Waals surface area contributed by atoms with Gasteiger partial charge in [0.25, 0.3) is 0 Å². The Hall–Kier alpha value is -4.29. The van der Waals surface area contributed by atoms with Crippen molar-refractivity contribution in [3.63, 3.8) is 0 Å². The molecule has 0 fully saturated rings. The van der Waals surface area contributed by atoms with Gasteiger partial charge >= 0.3 is 12.1 Å². The number of amides is 1. The summed E-state index contributed by atoms with van der Waals surface area (Å²) in [6.07, 6.45) is -0.290. The fraction of sp³-hybridized carbons (Fsp3) is 0.259. The molecule has 1 aliphatic carbocycles. The maximum Gasteiger partial charge on any atom is 0.407 e. The van der Waals surface area contributed by atoms with Crippen molar-refractivity contribution >= 4 is 12.1 Å². The topological polar surface area (TPSA) is 113 Å². The highest BCUT2D eigenvalue weighted by atomic mass is 16.5. The number of carbonyl (C=O) groups excluding carboxylic acids is 2. The van der Waals surface area contributed by atoms with Crippen LogP contribution in [0.2, 0.25) is 0 Å². The Labute approximate surface area is 203 Å². The van der Waals surface area contributed by atoms with Crippen LogP contribution >= 0.6 is 0 Å². The van der Waals surface area contributed by atoms with Crippen molar-refractivity contribution in [1.82, 2.24) is 5.32 Å². The highest BCUT2D eigenvalue weighted by Gasteiger charge is 2.29. The van der Waals surface area contributed by atoms with Crippen LogP contribution < -0.4 is 5.32 Å². The zero-order chi connectivity index (χ0) is 24.5. The van der Waals surface area contributed by atoms with E-state index in [9.17, 15) is 9.59 Å². The number of hydrogen-bond donors (Lipinski definition) is 1. The Kier molecular flexibility index (Phi) is 7.99. The highest BCUT2D eigenvalue weighted by molar-refractivity contribution is 5.79. The van der Waals surface area contributed by atoms with Crippen LogP contribution in [0.5, 0.6) is 0 Å². The first-order valence-corrected chi connectivity index (χ1v) is 11.5. The van der Waals surface area contributed by atoms with Gasteiger partial charge in [0, 0.05) is 29.8 Å².